The number of hydrogen-bond donors (Lipinski definition) is 2. The van der Waals surface area contributed by atoms with Crippen LogP contribution < -0.4 is 5.32 Å². The lowest BCUT2D eigenvalue weighted by molar-refractivity contribution is -0.123. The number of hydrogen-bond acceptors (Lipinski definition) is 3. The number of carbonyl (C=O) groups excluding carboxylic acids is 1. The minimum Gasteiger partial charge on any atom is -0.396 e. The molecular formula is C12H23NO2S. The van der Waals surface area contributed by atoms with Gasteiger partial charge >= 0.3 is 0 Å². The summed E-state index contributed by atoms with van der Waals surface area (Å²) in [6.45, 7) is 5.03. The van der Waals surface area contributed by atoms with Gasteiger partial charge in [-0.15, -0.1) is 11.8 Å². The van der Waals surface area contributed by atoms with Crippen LogP contribution in [0.4, 0.5) is 0 Å². The van der Waals surface area contributed by atoms with Crippen molar-refractivity contribution >= 4 is 17.7 Å². The van der Waals surface area contributed by atoms with Crippen LogP contribution in [0.1, 0.15) is 39.5 Å². The van der Waals surface area contributed by atoms with Gasteiger partial charge in [-0.1, -0.05) is 6.92 Å². The maximum atomic E-state index is 11.9. The van der Waals surface area contributed by atoms with E-state index in [9.17, 15) is 4.79 Å². The topological polar surface area (TPSA) is 49.3 Å². The van der Waals surface area contributed by atoms with E-state index < -0.39 is 0 Å². The summed E-state index contributed by atoms with van der Waals surface area (Å²) < 4.78 is -0.192. The van der Waals surface area contributed by atoms with Gasteiger partial charge in [0.25, 0.3) is 0 Å². The molecule has 0 radical (unpaired) electrons. The van der Waals surface area contributed by atoms with Crippen LogP contribution in [-0.2, 0) is 4.79 Å². The normalized spacial score (nSPS) is 26.7. The monoisotopic (exact) mass is 245 g/mol. The average Bonchev–Trinajstić information content (AvgIpc) is 2.72. The fraction of sp³-hybridized carbons (Fsp3) is 0.917. The van der Waals surface area contributed by atoms with E-state index in [-0.39, 0.29) is 17.3 Å². The fourth-order valence-corrected chi connectivity index (χ4v) is 3.12. The molecule has 1 amide bonds. The summed E-state index contributed by atoms with van der Waals surface area (Å²) in [6, 6.07) is 0. The molecule has 1 aliphatic heterocycles. The highest BCUT2D eigenvalue weighted by atomic mass is 32.2. The van der Waals surface area contributed by atoms with Crippen LogP contribution in [0.25, 0.3) is 0 Å². The van der Waals surface area contributed by atoms with Crippen molar-refractivity contribution in [3.63, 3.8) is 0 Å². The third-order valence-corrected chi connectivity index (χ3v) is 4.69. The number of carbonyl (C=O) groups is 1. The van der Waals surface area contributed by atoms with Crippen molar-refractivity contribution in [2.75, 3.05) is 18.9 Å². The molecule has 1 fully saturated rings. The van der Waals surface area contributed by atoms with Crippen molar-refractivity contribution in [1.29, 1.82) is 0 Å². The van der Waals surface area contributed by atoms with Crippen molar-refractivity contribution in [1.82, 2.24) is 5.32 Å². The molecule has 0 aromatic heterocycles. The van der Waals surface area contributed by atoms with Crippen LogP contribution in [0.15, 0.2) is 0 Å². The number of thioether (sulfide) groups is 1. The van der Waals surface area contributed by atoms with Crippen molar-refractivity contribution in [3.8, 4) is 0 Å². The zero-order valence-electron chi connectivity index (χ0n) is 10.3. The van der Waals surface area contributed by atoms with Crippen molar-refractivity contribution in [2.45, 2.75) is 44.3 Å². The molecule has 1 aliphatic rings. The molecule has 94 valence electrons. The lowest BCUT2D eigenvalue weighted by Crippen LogP contribution is -2.40. The van der Waals surface area contributed by atoms with E-state index in [4.69, 9.17) is 5.11 Å². The molecule has 0 saturated carbocycles. The van der Waals surface area contributed by atoms with Gasteiger partial charge in [0, 0.05) is 13.2 Å². The molecule has 0 bridgehead atoms. The Morgan fingerprint density at radius 1 is 1.62 bits per heavy atom. The molecule has 0 aliphatic carbocycles. The molecular weight excluding hydrogens is 222 g/mol. The van der Waals surface area contributed by atoms with E-state index in [0.717, 1.165) is 38.0 Å². The van der Waals surface area contributed by atoms with Crippen molar-refractivity contribution < 1.29 is 9.90 Å². The summed E-state index contributed by atoms with van der Waals surface area (Å²) in [7, 11) is 0. The molecule has 2 unspecified atom stereocenters. The molecule has 2 atom stereocenters. The highest BCUT2D eigenvalue weighted by Gasteiger charge is 2.36. The fourth-order valence-electron chi connectivity index (χ4n) is 1.89. The van der Waals surface area contributed by atoms with E-state index in [1.54, 1.807) is 11.8 Å². The predicted octanol–water partition coefficient (Wildman–Crippen LogP) is 1.80. The number of nitrogens with one attached hydrogen (secondary N) is 1. The zero-order valence-corrected chi connectivity index (χ0v) is 11.1. The minimum atomic E-state index is -0.192. The van der Waals surface area contributed by atoms with E-state index in [2.05, 4.69) is 5.32 Å². The van der Waals surface area contributed by atoms with E-state index >= 15 is 0 Å². The van der Waals surface area contributed by atoms with Gasteiger partial charge < -0.3 is 10.4 Å². The van der Waals surface area contributed by atoms with Crippen LogP contribution in [0.3, 0.4) is 0 Å². The second-order valence-electron chi connectivity index (χ2n) is 4.87. The van der Waals surface area contributed by atoms with Crippen LogP contribution >= 0.6 is 11.8 Å². The molecule has 1 rings (SSSR count). The first-order valence-electron chi connectivity index (χ1n) is 6.11. The summed E-state index contributed by atoms with van der Waals surface area (Å²) in [4.78, 5) is 11.9. The molecule has 3 nitrogen and oxygen atoms in total. The van der Waals surface area contributed by atoms with E-state index in [1.807, 2.05) is 13.8 Å². The first-order valence-corrected chi connectivity index (χ1v) is 7.10. The van der Waals surface area contributed by atoms with Crippen molar-refractivity contribution in [3.05, 3.63) is 0 Å². The van der Waals surface area contributed by atoms with Crippen LogP contribution in [0.5, 0.6) is 0 Å². The van der Waals surface area contributed by atoms with Gasteiger partial charge in [0.15, 0.2) is 0 Å². The van der Waals surface area contributed by atoms with Gasteiger partial charge in [-0.3, -0.25) is 4.79 Å². The first-order chi connectivity index (χ1) is 7.58. The Hall–Kier alpha value is -0.220. The third-order valence-electron chi connectivity index (χ3n) is 3.17. The Bertz CT molecular complexity index is 227. The maximum Gasteiger partial charge on any atom is 0.235 e. The van der Waals surface area contributed by atoms with Gasteiger partial charge in [-0.2, -0.15) is 0 Å². The summed E-state index contributed by atoms with van der Waals surface area (Å²) >= 11 is 1.77. The molecule has 4 heteroatoms. The Morgan fingerprint density at radius 2 is 2.38 bits per heavy atom. The number of aliphatic hydroxyl groups excluding tert-OH is 1. The molecule has 2 N–H and O–H groups in total. The van der Waals surface area contributed by atoms with Crippen LogP contribution in [0, 0.1) is 5.92 Å². The number of aliphatic hydroxyl groups is 1. The smallest absolute Gasteiger partial charge is 0.235 e. The number of amides is 1. The van der Waals surface area contributed by atoms with E-state index in [1.165, 1.54) is 0 Å². The summed E-state index contributed by atoms with van der Waals surface area (Å²) in [5.41, 5.74) is 0. The predicted molar refractivity (Wildman–Crippen MR) is 68.6 cm³/mol. The standard InChI is InChI=1S/C12H23NO2S/c1-10(9-14)5-3-7-13-11(15)12(2)6-4-8-16-12/h10,14H,3-9H2,1-2H3,(H,13,15). The highest BCUT2D eigenvalue weighted by molar-refractivity contribution is 8.01. The lowest BCUT2D eigenvalue weighted by Gasteiger charge is -2.21. The Kier molecular flexibility index (Phi) is 5.62. The number of rotatable bonds is 6. The van der Waals surface area contributed by atoms with Crippen LogP contribution in [-0.4, -0.2) is 34.7 Å². The Balaban J connectivity index is 2.15. The summed E-state index contributed by atoms with van der Waals surface area (Å²) in [5, 5.41) is 11.9. The van der Waals surface area contributed by atoms with E-state index in [0.29, 0.717) is 5.92 Å². The second kappa shape index (κ2) is 6.50. The average molecular weight is 245 g/mol. The first kappa shape index (κ1) is 13.8. The molecule has 1 heterocycles. The van der Waals surface area contributed by atoms with Crippen LogP contribution in [0.2, 0.25) is 0 Å². The molecule has 0 aromatic carbocycles. The second-order valence-corrected chi connectivity index (χ2v) is 6.47. The third kappa shape index (κ3) is 3.98. The maximum absolute atomic E-state index is 11.9. The lowest BCUT2D eigenvalue weighted by atomic mass is 10.0. The SMILES string of the molecule is CC(CO)CCCNC(=O)C1(C)CCCS1. The summed E-state index contributed by atoms with van der Waals surface area (Å²) in [5.74, 6) is 1.63. The highest BCUT2D eigenvalue weighted by Crippen LogP contribution is 2.37. The quantitative estimate of drug-likeness (QED) is 0.702. The molecule has 1 saturated heterocycles. The van der Waals surface area contributed by atoms with Gasteiger partial charge in [0.05, 0.1) is 4.75 Å². The van der Waals surface area contributed by atoms with Gasteiger partial charge in [0.1, 0.15) is 0 Å². The zero-order chi connectivity index (χ0) is 12.0. The Labute approximate surface area is 102 Å². The Morgan fingerprint density at radius 3 is 2.94 bits per heavy atom. The summed E-state index contributed by atoms with van der Waals surface area (Å²) in [6.07, 6.45) is 4.07. The largest absolute Gasteiger partial charge is 0.396 e. The minimum absolute atomic E-state index is 0.187. The van der Waals surface area contributed by atoms with Gasteiger partial charge in [-0.05, 0) is 44.3 Å². The van der Waals surface area contributed by atoms with Crippen molar-refractivity contribution in [2.24, 2.45) is 5.92 Å². The molecule has 0 spiro atoms. The molecule has 0 aromatic rings. The van der Waals surface area contributed by atoms with Gasteiger partial charge in [0.2, 0.25) is 5.91 Å². The van der Waals surface area contributed by atoms with Gasteiger partial charge in [-0.25, -0.2) is 0 Å². The molecule has 16 heavy (non-hydrogen) atoms.